The van der Waals surface area contributed by atoms with Crippen LogP contribution in [0.3, 0.4) is 0 Å². The molecule has 4 heterocycles. The van der Waals surface area contributed by atoms with Gasteiger partial charge < -0.3 is 24.8 Å². The van der Waals surface area contributed by atoms with Crippen LogP contribution in [0, 0.1) is 12.8 Å². The van der Waals surface area contributed by atoms with E-state index in [2.05, 4.69) is 20.4 Å². The second-order valence-corrected chi connectivity index (χ2v) is 11.9. The van der Waals surface area contributed by atoms with Gasteiger partial charge in [-0.3, -0.25) is 19.3 Å². The van der Waals surface area contributed by atoms with E-state index in [0.717, 1.165) is 49.5 Å². The van der Waals surface area contributed by atoms with Gasteiger partial charge in [-0.1, -0.05) is 23.7 Å². The van der Waals surface area contributed by atoms with Crippen molar-refractivity contribution in [2.45, 2.75) is 32.2 Å². The van der Waals surface area contributed by atoms with Crippen molar-refractivity contribution in [3.05, 3.63) is 86.8 Å². The number of ether oxygens (including phenoxy) is 1. The molecular formula is C32H36ClN5O4. The van der Waals surface area contributed by atoms with Crippen LogP contribution in [0.15, 0.2) is 59.4 Å². The molecule has 0 radical (unpaired) electrons. The van der Waals surface area contributed by atoms with Crippen molar-refractivity contribution in [1.82, 2.24) is 9.47 Å². The zero-order valence-electron chi connectivity index (χ0n) is 23.8. The third kappa shape index (κ3) is 6.23. The van der Waals surface area contributed by atoms with Crippen LogP contribution in [0.2, 0.25) is 5.02 Å². The first-order chi connectivity index (χ1) is 20.3. The lowest BCUT2D eigenvalue weighted by Crippen LogP contribution is -2.47. The summed E-state index contributed by atoms with van der Waals surface area (Å²) in [7, 11) is 0. The highest BCUT2D eigenvalue weighted by Gasteiger charge is 2.35. The van der Waals surface area contributed by atoms with E-state index in [0.29, 0.717) is 60.6 Å². The van der Waals surface area contributed by atoms with Crippen LogP contribution in [0.1, 0.15) is 40.4 Å². The first-order valence-electron chi connectivity index (χ1n) is 14.6. The predicted molar refractivity (Wildman–Crippen MR) is 165 cm³/mol. The van der Waals surface area contributed by atoms with Crippen molar-refractivity contribution in [2.75, 3.05) is 61.5 Å². The van der Waals surface area contributed by atoms with Crippen molar-refractivity contribution >= 4 is 40.5 Å². The average molecular weight is 590 g/mol. The van der Waals surface area contributed by atoms with Gasteiger partial charge in [-0.2, -0.15) is 0 Å². The van der Waals surface area contributed by atoms with Crippen LogP contribution in [0.25, 0.3) is 0 Å². The molecule has 0 spiro atoms. The number of hydrogen-bond donors (Lipinski definition) is 2. The van der Waals surface area contributed by atoms with Gasteiger partial charge in [-0.25, -0.2) is 0 Å². The van der Waals surface area contributed by atoms with Crippen molar-refractivity contribution in [3.8, 4) is 0 Å². The molecule has 2 aromatic carbocycles. The number of nitrogens with zero attached hydrogens (tertiary/aromatic N) is 3. The summed E-state index contributed by atoms with van der Waals surface area (Å²) in [5.41, 5.74) is 4.59. The van der Waals surface area contributed by atoms with E-state index in [1.165, 1.54) is 0 Å². The fourth-order valence-electron chi connectivity index (χ4n) is 6.37. The molecule has 3 aromatic rings. The molecule has 2 saturated heterocycles. The fraction of sp³-hybridized carbons (Fsp3) is 0.406. The lowest BCUT2D eigenvalue weighted by atomic mass is 9.83. The van der Waals surface area contributed by atoms with Gasteiger partial charge in [0.15, 0.2) is 0 Å². The van der Waals surface area contributed by atoms with Crippen molar-refractivity contribution in [3.63, 3.8) is 0 Å². The summed E-state index contributed by atoms with van der Waals surface area (Å²) in [6, 6.07) is 16.4. The summed E-state index contributed by atoms with van der Waals surface area (Å²) in [6.07, 6.45) is 1.37. The first kappa shape index (κ1) is 28.5. The zero-order chi connectivity index (χ0) is 29.2. The van der Waals surface area contributed by atoms with E-state index in [1.807, 2.05) is 35.8 Å². The summed E-state index contributed by atoms with van der Waals surface area (Å²) in [4.78, 5) is 43.6. The number of halogens is 1. The Kier molecular flexibility index (Phi) is 8.33. The molecule has 2 fully saturated rings. The van der Waals surface area contributed by atoms with Gasteiger partial charge in [-0.15, -0.1) is 0 Å². The molecule has 42 heavy (non-hydrogen) atoms. The molecule has 2 unspecified atom stereocenters. The number of rotatable bonds is 7. The van der Waals surface area contributed by atoms with Crippen LogP contribution >= 0.6 is 11.6 Å². The molecular weight excluding hydrogens is 554 g/mol. The first-order valence-corrected chi connectivity index (χ1v) is 15.0. The summed E-state index contributed by atoms with van der Waals surface area (Å²) in [6.45, 7) is 7.74. The van der Waals surface area contributed by atoms with Gasteiger partial charge in [0.05, 0.1) is 24.6 Å². The minimum absolute atomic E-state index is 0.0502. The maximum atomic E-state index is 13.3. The van der Waals surface area contributed by atoms with Gasteiger partial charge in [0, 0.05) is 79.6 Å². The summed E-state index contributed by atoms with van der Waals surface area (Å²) in [5, 5.41) is 6.63. The van der Waals surface area contributed by atoms with E-state index in [1.54, 1.807) is 30.3 Å². The van der Waals surface area contributed by atoms with E-state index >= 15 is 0 Å². The summed E-state index contributed by atoms with van der Waals surface area (Å²) >= 11 is 6.17. The van der Waals surface area contributed by atoms with E-state index < -0.39 is 0 Å². The van der Waals surface area contributed by atoms with Crippen LogP contribution in [-0.2, 0) is 16.1 Å². The molecule has 10 heteroatoms. The number of hydrogen-bond acceptors (Lipinski definition) is 6. The molecule has 6 rings (SSSR count). The number of fused-ring (bicyclic) bond motifs is 4. The number of morpholine rings is 1. The summed E-state index contributed by atoms with van der Waals surface area (Å²) < 4.78 is 7.34. The molecule has 3 aliphatic heterocycles. The molecule has 220 valence electrons. The monoisotopic (exact) mass is 589 g/mol. The minimum Gasteiger partial charge on any atom is -0.379 e. The smallest absolute Gasteiger partial charge is 0.255 e. The maximum Gasteiger partial charge on any atom is 0.255 e. The number of carbonyl (C=O) groups excluding carboxylic acids is 2. The Balaban J connectivity index is 1.26. The SMILES string of the molecule is Cc1ccc(Cl)cc1NC(=O)c1ccc(N2CC3CC(C2)c2cccc(=O)n2C3)c(NC(=O)CCN2CCOCC2)c1. The zero-order valence-corrected chi connectivity index (χ0v) is 24.5. The largest absolute Gasteiger partial charge is 0.379 e. The Labute approximate surface area is 250 Å². The van der Waals surface area contributed by atoms with Gasteiger partial charge in [0.1, 0.15) is 0 Å². The molecule has 0 aliphatic carbocycles. The number of benzene rings is 2. The molecule has 3 aliphatic rings. The molecule has 2 bridgehead atoms. The predicted octanol–water partition coefficient (Wildman–Crippen LogP) is 4.35. The second-order valence-electron chi connectivity index (χ2n) is 11.5. The average Bonchev–Trinajstić information content (AvgIpc) is 2.99. The van der Waals surface area contributed by atoms with E-state index in [-0.39, 0.29) is 23.3 Å². The number of nitrogens with one attached hydrogen (secondary N) is 2. The number of aromatic nitrogens is 1. The molecule has 2 amide bonds. The maximum absolute atomic E-state index is 13.3. The number of carbonyl (C=O) groups is 2. The minimum atomic E-state index is -0.278. The molecule has 2 N–H and O–H groups in total. The molecule has 2 atom stereocenters. The fourth-order valence-corrected chi connectivity index (χ4v) is 6.54. The lowest BCUT2D eigenvalue weighted by molar-refractivity contribution is -0.116. The Bertz CT molecular complexity index is 1550. The van der Waals surface area contributed by atoms with Crippen molar-refractivity contribution < 1.29 is 14.3 Å². The molecule has 1 aromatic heterocycles. The van der Waals surface area contributed by atoms with Gasteiger partial charge in [0.25, 0.3) is 11.5 Å². The van der Waals surface area contributed by atoms with Crippen molar-refractivity contribution in [1.29, 1.82) is 0 Å². The normalized spacial score (nSPS) is 20.1. The van der Waals surface area contributed by atoms with Crippen LogP contribution < -0.4 is 21.1 Å². The highest BCUT2D eigenvalue weighted by molar-refractivity contribution is 6.31. The molecule has 9 nitrogen and oxygen atoms in total. The standard InChI is InChI=1S/C32H36ClN5O4/c1-21-5-7-25(33)17-26(21)35-32(41)23-6-8-29(27(16-23)34-30(39)9-10-36-11-13-42-14-12-36)37-18-22-15-24(20-37)28-3-2-4-31(40)38(28)19-22/h2-8,16-17,22,24H,9-15,18-20H2,1H3,(H,34,39)(H,35,41). The van der Waals surface area contributed by atoms with E-state index in [4.69, 9.17) is 16.3 Å². The van der Waals surface area contributed by atoms with Crippen LogP contribution in [0.4, 0.5) is 17.1 Å². The van der Waals surface area contributed by atoms with Gasteiger partial charge in [0.2, 0.25) is 5.91 Å². The number of amides is 2. The Morgan fingerprint density at radius 2 is 1.81 bits per heavy atom. The van der Waals surface area contributed by atoms with Gasteiger partial charge in [-0.05, 0) is 61.2 Å². The van der Waals surface area contributed by atoms with Gasteiger partial charge >= 0.3 is 0 Å². The second kappa shape index (κ2) is 12.3. The van der Waals surface area contributed by atoms with Crippen LogP contribution in [-0.4, -0.2) is 67.2 Å². The van der Waals surface area contributed by atoms with E-state index in [9.17, 15) is 14.4 Å². The number of piperidine rings is 1. The highest BCUT2D eigenvalue weighted by atomic mass is 35.5. The Morgan fingerprint density at radius 3 is 2.64 bits per heavy atom. The van der Waals surface area contributed by atoms with Crippen molar-refractivity contribution in [2.24, 2.45) is 5.92 Å². The van der Waals surface area contributed by atoms with Crippen LogP contribution in [0.5, 0.6) is 0 Å². The Hall–Kier alpha value is -3.66. The third-order valence-corrected chi connectivity index (χ3v) is 8.79. The molecule has 0 saturated carbocycles. The number of anilines is 3. The highest BCUT2D eigenvalue weighted by Crippen LogP contribution is 2.39. The Morgan fingerprint density at radius 1 is 0.976 bits per heavy atom. The number of aryl methyl sites for hydroxylation is 1. The number of pyridine rings is 1. The third-order valence-electron chi connectivity index (χ3n) is 8.56. The lowest BCUT2D eigenvalue weighted by Gasteiger charge is -2.44. The quantitative estimate of drug-likeness (QED) is 0.426. The summed E-state index contributed by atoms with van der Waals surface area (Å²) in [5.74, 6) is 0.152. The topological polar surface area (TPSA) is 95.9 Å².